The zero-order valence-electron chi connectivity index (χ0n) is 14.7. The van der Waals surface area contributed by atoms with E-state index in [4.69, 9.17) is 4.74 Å². The molecule has 0 saturated heterocycles. The van der Waals surface area contributed by atoms with Crippen molar-refractivity contribution in [1.82, 2.24) is 5.32 Å². The maximum absolute atomic E-state index is 11.8. The van der Waals surface area contributed by atoms with E-state index < -0.39 is 23.7 Å². The van der Waals surface area contributed by atoms with Crippen LogP contribution < -0.4 is 5.32 Å². The van der Waals surface area contributed by atoms with E-state index in [1.54, 1.807) is 32.9 Å². The van der Waals surface area contributed by atoms with Gasteiger partial charge in [-0.2, -0.15) is 0 Å². The Morgan fingerprint density at radius 2 is 1.70 bits per heavy atom. The third-order valence-corrected chi connectivity index (χ3v) is 2.55. The van der Waals surface area contributed by atoms with Crippen molar-refractivity contribution in [3.8, 4) is 5.75 Å². The van der Waals surface area contributed by atoms with Crippen molar-refractivity contribution in [2.75, 3.05) is 7.11 Å². The second-order valence-electron chi connectivity index (χ2n) is 5.59. The molecule has 0 aromatic heterocycles. The number of esters is 1. The number of phenolic OH excluding ortho intramolecular Hbond substituents is 1. The summed E-state index contributed by atoms with van der Waals surface area (Å²) in [5.74, 6) is -0.428. The smallest absolute Gasteiger partial charge is 0.408 e. The number of amides is 1. The summed E-state index contributed by atoms with van der Waals surface area (Å²) in [4.78, 5) is 23.5. The number of carbonyl (C=O) groups excluding carboxylic acids is 2. The zero-order chi connectivity index (χ0) is 18.0. The van der Waals surface area contributed by atoms with Crippen molar-refractivity contribution in [3.63, 3.8) is 0 Å². The number of nitrogens with one attached hydrogen (secondary N) is 1. The molecule has 1 atom stereocenters. The first-order valence-corrected chi connectivity index (χ1v) is 7.56. The van der Waals surface area contributed by atoms with E-state index >= 15 is 0 Å². The first-order chi connectivity index (χ1) is 10.7. The highest BCUT2D eigenvalue weighted by Crippen LogP contribution is 2.12. The summed E-state index contributed by atoms with van der Waals surface area (Å²) in [5, 5.41) is 11.7. The van der Waals surface area contributed by atoms with Gasteiger partial charge < -0.3 is 19.9 Å². The number of hydrogen-bond donors (Lipinski definition) is 2. The van der Waals surface area contributed by atoms with Crippen molar-refractivity contribution >= 4 is 12.1 Å². The molecule has 1 aromatic rings. The van der Waals surface area contributed by atoms with Crippen LogP contribution in [-0.4, -0.2) is 35.9 Å². The summed E-state index contributed by atoms with van der Waals surface area (Å²) in [6.07, 6.45) is -0.441. The summed E-state index contributed by atoms with van der Waals surface area (Å²) in [6.45, 7) is 9.21. The first kappa shape index (κ1) is 20.8. The molecule has 0 bridgehead atoms. The normalized spacial score (nSPS) is 11.6. The number of benzene rings is 1. The van der Waals surface area contributed by atoms with Gasteiger partial charge in [-0.3, -0.25) is 0 Å². The van der Waals surface area contributed by atoms with Crippen LogP contribution in [0.4, 0.5) is 4.79 Å². The van der Waals surface area contributed by atoms with Gasteiger partial charge >= 0.3 is 12.1 Å². The lowest BCUT2D eigenvalue weighted by Gasteiger charge is -2.22. The van der Waals surface area contributed by atoms with Crippen molar-refractivity contribution in [1.29, 1.82) is 0 Å². The Morgan fingerprint density at radius 1 is 1.17 bits per heavy atom. The van der Waals surface area contributed by atoms with Crippen LogP contribution in [0.25, 0.3) is 0 Å². The minimum Gasteiger partial charge on any atom is -0.508 e. The van der Waals surface area contributed by atoms with E-state index in [1.165, 1.54) is 19.2 Å². The third-order valence-electron chi connectivity index (χ3n) is 2.55. The van der Waals surface area contributed by atoms with Crippen LogP contribution in [0.1, 0.15) is 40.2 Å². The Balaban J connectivity index is 0.00000232. The minimum atomic E-state index is -0.852. The molecule has 23 heavy (non-hydrogen) atoms. The average molecular weight is 325 g/mol. The van der Waals surface area contributed by atoms with Gasteiger partial charge in [0.15, 0.2) is 0 Å². The monoisotopic (exact) mass is 325 g/mol. The maximum atomic E-state index is 11.8. The van der Waals surface area contributed by atoms with Crippen LogP contribution in [0, 0.1) is 0 Å². The second kappa shape index (κ2) is 9.71. The minimum absolute atomic E-state index is 0.133. The molecule has 6 nitrogen and oxygen atoms in total. The lowest BCUT2D eigenvalue weighted by molar-refractivity contribution is -0.143. The summed E-state index contributed by atoms with van der Waals surface area (Å²) in [6, 6.07) is 5.51. The highest BCUT2D eigenvalue weighted by atomic mass is 16.6. The van der Waals surface area contributed by atoms with Crippen LogP contribution in [-0.2, 0) is 20.7 Å². The SMILES string of the molecule is CC.COC(=O)C(Cc1ccc(O)cc1)NC(=O)OC(C)(C)C. The molecule has 0 heterocycles. The first-order valence-electron chi connectivity index (χ1n) is 7.56. The van der Waals surface area contributed by atoms with Gasteiger partial charge in [0.25, 0.3) is 0 Å². The Hall–Kier alpha value is -2.24. The van der Waals surface area contributed by atoms with Gasteiger partial charge in [0.2, 0.25) is 0 Å². The summed E-state index contributed by atoms with van der Waals surface area (Å²) in [7, 11) is 1.25. The van der Waals surface area contributed by atoms with Crippen molar-refractivity contribution < 1.29 is 24.2 Å². The Bertz CT molecular complexity index is 491. The van der Waals surface area contributed by atoms with E-state index in [2.05, 4.69) is 10.1 Å². The molecule has 130 valence electrons. The molecule has 0 saturated carbocycles. The molecule has 0 aliphatic rings. The highest BCUT2D eigenvalue weighted by molar-refractivity contribution is 5.81. The number of methoxy groups -OCH3 is 1. The molecular weight excluding hydrogens is 298 g/mol. The summed E-state index contributed by atoms with van der Waals surface area (Å²) in [5.41, 5.74) is 0.128. The van der Waals surface area contributed by atoms with E-state index in [-0.39, 0.29) is 12.2 Å². The number of hydrogen-bond acceptors (Lipinski definition) is 5. The number of aromatic hydroxyl groups is 1. The fraction of sp³-hybridized carbons (Fsp3) is 0.529. The second-order valence-corrected chi connectivity index (χ2v) is 5.59. The van der Waals surface area contributed by atoms with Crippen LogP contribution in [0.5, 0.6) is 5.75 Å². The molecule has 0 spiro atoms. The summed E-state index contributed by atoms with van der Waals surface area (Å²) >= 11 is 0. The van der Waals surface area contributed by atoms with Gasteiger partial charge in [0.1, 0.15) is 17.4 Å². The molecule has 1 unspecified atom stereocenters. The predicted molar refractivity (Wildman–Crippen MR) is 88.3 cm³/mol. The van der Waals surface area contributed by atoms with Gasteiger partial charge in [0.05, 0.1) is 7.11 Å². The number of alkyl carbamates (subject to hydrolysis) is 1. The van der Waals surface area contributed by atoms with Crippen molar-refractivity contribution in [2.45, 2.75) is 52.7 Å². The molecule has 0 aliphatic carbocycles. The average Bonchev–Trinajstić information content (AvgIpc) is 2.48. The third kappa shape index (κ3) is 8.70. The Labute approximate surface area is 137 Å². The number of phenols is 1. The molecular formula is C17H27NO5. The standard InChI is InChI=1S/C15H21NO5.C2H6/c1-15(2,3)21-14(19)16-12(13(18)20-4)9-10-5-7-11(17)8-6-10;1-2/h5-8,12,17H,9H2,1-4H3,(H,16,19);1-2H3. The van der Waals surface area contributed by atoms with Crippen molar-refractivity contribution in [3.05, 3.63) is 29.8 Å². The molecule has 6 heteroatoms. The van der Waals surface area contributed by atoms with Crippen LogP contribution in [0.2, 0.25) is 0 Å². The van der Waals surface area contributed by atoms with Gasteiger partial charge in [0, 0.05) is 6.42 Å². The van der Waals surface area contributed by atoms with Crippen LogP contribution in [0.3, 0.4) is 0 Å². The van der Waals surface area contributed by atoms with Gasteiger partial charge in [-0.1, -0.05) is 26.0 Å². The Morgan fingerprint density at radius 3 is 2.13 bits per heavy atom. The molecule has 1 aromatic carbocycles. The van der Waals surface area contributed by atoms with Crippen LogP contribution in [0.15, 0.2) is 24.3 Å². The Kier molecular flexibility index (Phi) is 8.77. The fourth-order valence-corrected chi connectivity index (χ4v) is 1.65. The van der Waals surface area contributed by atoms with Gasteiger partial charge in [-0.15, -0.1) is 0 Å². The number of ether oxygens (including phenoxy) is 2. The topological polar surface area (TPSA) is 84.9 Å². The zero-order valence-corrected chi connectivity index (χ0v) is 14.7. The molecule has 0 radical (unpaired) electrons. The summed E-state index contributed by atoms with van der Waals surface area (Å²) < 4.78 is 9.80. The van der Waals surface area contributed by atoms with Crippen molar-refractivity contribution in [2.24, 2.45) is 0 Å². The molecule has 2 N–H and O–H groups in total. The largest absolute Gasteiger partial charge is 0.508 e. The van der Waals surface area contributed by atoms with E-state index in [1.807, 2.05) is 13.8 Å². The number of carbonyl (C=O) groups is 2. The molecule has 0 aliphatic heterocycles. The lowest BCUT2D eigenvalue weighted by atomic mass is 10.1. The lowest BCUT2D eigenvalue weighted by Crippen LogP contribution is -2.45. The van der Waals surface area contributed by atoms with Gasteiger partial charge in [-0.25, -0.2) is 9.59 Å². The van der Waals surface area contributed by atoms with E-state index in [9.17, 15) is 14.7 Å². The maximum Gasteiger partial charge on any atom is 0.408 e. The molecule has 1 rings (SSSR count). The predicted octanol–water partition coefficient (Wildman–Crippen LogP) is 3.03. The van der Waals surface area contributed by atoms with E-state index in [0.717, 1.165) is 5.56 Å². The van der Waals surface area contributed by atoms with Gasteiger partial charge in [-0.05, 0) is 38.5 Å². The molecule has 1 amide bonds. The highest BCUT2D eigenvalue weighted by Gasteiger charge is 2.25. The quantitative estimate of drug-likeness (QED) is 0.831. The fourth-order valence-electron chi connectivity index (χ4n) is 1.65. The number of rotatable bonds is 4. The molecule has 0 fully saturated rings. The van der Waals surface area contributed by atoms with Crippen LogP contribution >= 0.6 is 0 Å². The van der Waals surface area contributed by atoms with E-state index in [0.29, 0.717) is 0 Å².